The first-order chi connectivity index (χ1) is 6.89. The number of rotatable bonds is 5. The molecule has 0 radical (unpaired) electrons. The van der Waals surface area contributed by atoms with Gasteiger partial charge in [0.1, 0.15) is 12.3 Å². The second-order valence-electron chi connectivity index (χ2n) is 2.91. The molecule has 15 heavy (non-hydrogen) atoms. The molecule has 8 heteroatoms. The van der Waals surface area contributed by atoms with Crippen LogP contribution in [0.4, 0.5) is 0 Å². The Bertz CT molecular complexity index is 450. The molecule has 7 nitrogen and oxygen atoms in total. The number of nitrogens with one attached hydrogen (secondary N) is 1. The maximum atomic E-state index is 11.3. The first kappa shape index (κ1) is 11.7. The maximum Gasteiger partial charge on any atom is 0.318 e. The van der Waals surface area contributed by atoms with Crippen LogP contribution in [0.3, 0.4) is 0 Å². The standard InChI is InChI=1S/C7H10N2O5S/c1-5-2-6(14-9-5)4-15(12,13)8-3-7(10)11/h2,8H,3-4H2,1H3,(H,10,11). The number of carboxylic acid groups (broad SMARTS) is 1. The van der Waals surface area contributed by atoms with Crippen LogP contribution in [-0.4, -0.2) is 31.2 Å². The van der Waals surface area contributed by atoms with Gasteiger partial charge in [0.2, 0.25) is 10.0 Å². The summed E-state index contributed by atoms with van der Waals surface area (Å²) in [6, 6.07) is 1.47. The minimum absolute atomic E-state index is 0.172. The third-order valence-corrected chi connectivity index (χ3v) is 2.70. The van der Waals surface area contributed by atoms with Crippen molar-refractivity contribution in [2.45, 2.75) is 12.7 Å². The van der Waals surface area contributed by atoms with E-state index in [0.717, 1.165) is 0 Å². The fraction of sp³-hybridized carbons (Fsp3) is 0.429. The molecule has 0 spiro atoms. The minimum atomic E-state index is -3.68. The van der Waals surface area contributed by atoms with E-state index in [2.05, 4.69) is 5.16 Å². The molecule has 0 unspecified atom stereocenters. The molecule has 0 saturated carbocycles. The smallest absolute Gasteiger partial charge is 0.318 e. The van der Waals surface area contributed by atoms with Crippen LogP contribution in [0.2, 0.25) is 0 Å². The Kier molecular flexibility index (Phi) is 3.43. The minimum Gasteiger partial charge on any atom is -0.480 e. The summed E-state index contributed by atoms with van der Waals surface area (Å²) in [5.41, 5.74) is 0.568. The summed E-state index contributed by atoms with van der Waals surface area (Å²) >= 11 is 0. The van der Waals surface area contributed by atoms with Crippen molar-refractivity contribution >= 4 is 16.0 Å². The van der Waals surface area contributed by atoms with E-state index in [0.29, 0.717) is 5.69 Å². The molecular weight excluding hydrogens is 224 g/mol. The lowest BCUT2D eigenvalue weighted by Crippen LogP contribution is -2.30. The van der Waals surface area contributed by atoms with Crippen LogP contribution in [0, 0.1) is 6.92 Å². The lowest BCUT2D eigenvalue weighted by atomic mass is 10.4. The van der Waals surface area contributed by atoms with Crippen molar-refractivity contribution in [2.24, 2.45) is 0 Å². The SMILES string of the molecule is Cc1cc(CS(=O)(=O)NCC(=O)O)on1. The number of hydrogen-bond acceptors (Lipinski definition) is 5. The summed E-state index contributed by atoms with van der Waals surface area (Å²) in [5.74, 6) is -1.49. The van der Waals surface area contributed by atoms with Gasteiger partial charge >= 0.3 is 5.97 Å². The molecule has 1 aromatic heterocycles. The number of carbonyl (C=O) groups is 1. The summed E-state index contributed by atoms with van der Waals surface area (Å²) in [7, 11) is -3.68. The zero-order valence-electron chi connectivity index (χ0n) is 7.93. The van der Waals surface area contributed by atoms with Crippen LogP contribution in [0.1, 0.15) is 11.5 Å². The number of aromatic nitrogens is 1. The average molecular weight is 234 g/mol. The second-order valence-corrected chi connectivity index (χ2v) is 4.72. The van der Waals surface area contributed by atoms with E-state index in [-0.39, 0.29) is 5.76 Å². The Hall–Kier alpha value is -1.41. The van der Waals surface area contributed by atoms with Gasteiger partial charge in [0.05, 0.1) is 5.69 Å². The van der Waals surface area contributed by atoms with Crippen molar-refractivity contribution in [1.82, 2.24) is 9.88 Å². The van der Waals surface area contributed by atoms with E-state index in [9.17, 15) is 13.2 Å². The highest BCUT2D eigenvalue weighted by Gasteiger charge is 2.15. The Morgan fingerprint density at radius 2 is 2.33 bits per heavy atom. The van der Waals surface area contributed by atoms with E-state index in [4.69, 9.17) is 9.63 Å². The largest absolute Gasteiger partial charge is 0.480 e. The zero-order valence-corrected chi connectivity index (χ0v) is 8.74. The first-order valence-electron chi connectivity index (χ1n) is 4.00. The monoisotopic (exact) mass is 234 g/mol. The topological polar surface area (TPSA) is 110 Å². The highest BCUT2D eigenvalue weighted by atomic mass is 32.2. The summed E-state index contributed by atoms with van der Waals surface area (Å²) in [6.45, 7) is 1.01. The normalized spacial score (nSPS) is 11.5. The highest BCUT2D eigenvalue weighted by molar-refractivity contribution is 7.88. The van der Waals surface area contributed by atoms with Crippen LogP contribution in [-0.2, 0) is 20.6 Å². The van der Waals surface area contributed by atoms with Gasteiger partial charge in [-0.3, -0.25) is 4.79 Å². The van der Waals surface area contributed by atoms with Gasteiger partial charge in [0.15, 0.2) is 5.76 Å². The molecule has 1 rings (SSSR count). The number of aryl methyl sites for hydroxylation is 1. The van der Waals surface area contributed by atoms with Crippen molar-refractivity contribution in [3.8, 4) is 0 Å². The van der Waals surface area contributed by atoms with E-state index in [1.54, 1.807) is 6.92 Å². The predicted octanol–water partition coefficient (Wildman–Crippen LogP) is -0.513. The molecule has 0 aliphatic heterocycles. The van der Waals surface area contributed by atoms with Crippen molar-refractivity contribution in [3.63, 3.8) is 0 Å². The molecular formula is C7H10N2O5S. The number of hydrogen-bond donors (Lipinski definition) is 2. The van der Waals surface area contributed by atoms with E-state index < -0.39 is 28.3 Å². The number of aliphatic carboxylic acids is 1. The highest BCUT2D eigenvalue weighted by Crippen LogP contribution is 2.06. The van der Waals surface area contributed by atoms with Crippen molar-refractivity contribution < 1.29 is 22.8 Å². The Balaban J connectivity index is 2.60. The summed E-state index contributed by atoms with van der Waals surface area (Å²) in [6.07, 6.45) is 0. The first-order valence-corrected chi connectivity index (χ1v) is 5.65. The van der Waals surface area contributed by atoms with E-state index >= 15 is 0 Å². The predicted molar refractivity (Wildman–Crippen MR) is 49.5 cm³/mol. The molecule has 1 aromatic rings. The molecule has 0 fully saturated rings. The Morgan fingerprint density at radius 1 is 1.67 bits per heavy atom. The average Bonchev–Trinajstić information content (AvgIpc) is 2.47. The van der Waals surface area contributed by atoms with Gasteiger partial charge in [0.25, 0.3) is 0 Å². The van der Waals surface area contributed by atoms with Gasteiger partial charge in [0, 0.05) is 6.07 Å². The van der Waals surface area contributed by atoms with E-state index in [1.165, 1.54) is 6.07 Å². The van der Waals surface area contributed by atoms with Crippen LogP contribution < -0.4 is 4.72 Å². The summed E-state index contributed by atoms with van der Waals surface area (Å²) in [5, 5.41) is 11.8. The van der Waals surface area contributed by atoms with Gasteiger partial charge in [-0.15, -0.1) is 0 Å². The van der Waals surface area contributed by atoms with Crippen molar-refractivity contribution in [3.05, 3.63) is 17.5 Å². The third kappa shape index (κ3) is 4.09. The van der Waals surface area contributed by atoms with Crippen molar-refractivity contribution in [1.29, 1.82) is 0 Å². The van der Waals surface area contributed by atoms with Crippen LogP contribution >= 0.6 is 0 Å². The molecule has 1 heterocycles. The molecule has 2 N–H and O–H groups in total. The van der Waals surface area contributed by atoms with Crippen LogP contribution in [0.5, 0.6) is 0 Å². The second kappa shape index (κ2) is 4.41. The number of carboxylic acids is 1. The number of sulfonamides is 1. The van der Waals surface area contributed by atoms with Gasteiger partial charge in [-0.2, -0.15) is 0 Å². The van der Waals surface area contributed by atoms with Crippen molar-refractivity contribution in [2.75, 3.05) is 6.54 Å². The maximum absolute atomic E-state index is 11.3. The van der Waals surface area contributed by atoms with Gasteiger partial charge < -0.3 is 9.63 Å². The fourth-order valence-corrected chi connectivity index (χ4v) is 1.85. The molecule has 0 bridgehead atoms. The van der Waals surface area contributed by atoms with Crippen LogP contribution in [0.15, 0.2) is 10.6 Å². The molecule has 84 valence electrons. The Morgan fingerprint density at radius 3 is 2.80 bits per heavy atom. The molecule has 0 aliphatic rings. The molecule has 0 aliphatic carbocycles. The summed E-state index contributed by atoms with van der Waals surface area (Å²) < 4.78 is 29.1. The third-order valence-electron chi connectivity index (χ3n) is 1.45. The lowest BCUT2D eigenvalue weighted by molar-refractivity contribution is -0.135. The lowest BCUT2D eigenvalue weighted by Gasteiger charge is -2.00. The molecule has 0 aromatic carbocycles. The zero-order chi connectivity index (χ0) is 11.5. The van der Waals surface area contributed by atoms with Gasteiger partial charge in [-0.05, 0) is 6.92 Å². The molecule has 0 atom stereocenters. The van der Waals surface area contributed by atoms with Gasteiger partial charge in [-0.1, -0.05) is 5.16 Å². The molecule has 0 saturated heterocycles. The van der Waals surface area contributed by atoms with Crippen LogP contribution in [0.25, 0.3) is 0 Å². The van der Waals surface area contributed by atoms with Gasteiger partial charge in [-0.25, -0.2) is 13.1 Å². The number of nitrogens with zero attached hydrogens (tertiary/aromatic N) is 1. The fourth-order valence-electron chi connectivity index (χ4n) is 0.894. The Labute approximate surface area is 86.1 Å². The quantitative estimate of drug-likeness (QED) is 0.709. The van der Waals surface area contributed by atoms with E-state index in [1.807, 2.05) is 4.72 Å². The summed E-state index contributed by atoms with van der Waals surface area (Å²) in [4.78, 5) is 10.1. The molecule has 0 amide bonds.